The van der Waals surface area contributed by atoms with E-state index in [4.69, 9.17) is 32.4 Å². The Labute approximate surface area is 173 Å². The molecule has 0 aliphatic carbocycles. The fraction of sp³-hybridized carbons (Fsp3) is 0.389. The highest BCUT2D eigenvalue weighted by Crippen LogP contribution is 2.31. The van der Waals surface area contributed by atoms with Crippen LogP contribution in [0, 0.1) is 0 Å². The van der Waals surface area contributed by atoms with E-state index in [9.17, 15) is 13.2 Å². The van der Waals surface area contributed by atoms with Gasteiger partial charge in [-0.15, -0.1) is 0 Å². The normalized spacial score (nSPS) is 15.5. The van der Waals surface area contributed by atoms with Crippen LogP contribution in [-0.4, -0.2) is 53.7 Å². The molecule has 2 N–H and O–H groups in total. The highest BCUT2D eigenvalue weighted by Gasteiger charge is 2.24. The maximum absolute atomic E-state index is 12.6. The molecule has 7 nitrogen and oxygen atoms in total. The molecule has 1 fully saturated rings. The van der Waals surface area contributed by atoms with Crippen LogP contribution in [0.2, 0.25) is 10.0 Å². The molecule has 1 saturated heterocycles. The summed E-state index contributed by atoms with van der Waals surface area (Å²) < 4.78 is 36.0. The van der Waals surface area contributed by atoms with Crippen molar-refractivity contribution in [3.63, 3.8) is 0 Å². The number of furan rings is 1. The molecule has 1 aliphatic heterocycles. The Bertz CT molecular complexity index is 919. The standard InChI is InChI=1S/C18H20Cl2N2O5S/c19-14-2-1-3-15(20)17(14)28(24,25)12-13-4-5-16(27-13)18(23)21-6-7-22-8-10-26-11-9-22/h1-5H,6-12H2,(H,21,23)/p+1. The molecule has 0 radical (unpaired) electrons. The van der Waals surface area contributed by atoms with Crippen LogP contribution in [0.15, 0.2) is 39.6 Å². The lowest BCUT2D eigenvalue weighted by atomic mass is 10.4. The number of hydrogen-bond acceptors (Lipinski definition) is 5. The number of benzene rings is 1. The quantitative estimate of drug-likeness (QED) is 0.665. The Kier molecular flexibility index (Phi) is 7.00. The second-order valence-electron chi connectivity index (χ2n) is 6.44. The van der Waals surface area contributed by atoms with Gasteiger partial charge >= 0.3 is 0 Å². The molecule has 1 aromatic heterocycles. The first-order chi connectivity index (χ1) is 13.4. The molecule has 3 rings (SSSR count). The molecular weight excluding hydrogens is 427 g/mol. The number of hydrogen-bond donors (Lipinski definition) is 2. The van der Waals surface area contributed by atoms with Crippen LogP contribution in [0.5, 0.6) is 0 Å². The van der Waals surface area contributed by atoms with Gasteiger partial charge in [0.25, 0.3) is 5.91 Å². The number of quaternary nitrogens is 1. The zero-order chi connectivity index (χ0) is 20.1. The molecule has 0 bridgehead atoms. The molecule has 2 heterocycles. The van der Waals surface area contributed by atoms with E-state index in [1.165, 1.54) is 29.2 Å². The van der Waals surface area contributed by atoms with E-state index >= 15 is 0 Å². The summed E-state index contributed by atoms with van der Waals surface area (Å²) in [7, 11) is -3.82. The third kappa shape index (κ3) is 5.27. The summed E-state index contributed by atoms with van der Waals surface area (Å²) >= 11 is 12.0. The van der Waals surface area contributed by atoms with Crippen molar-refractivity contribution in [2.24, 2.45) is 0 Å². The van der Waals surface area contributed by atoms with Gasteiger partial charge in [-0.25, -0.2) is 8.42 Å². The number of morpholine rings is 1. The van der Waals surface area contributed by atoms with E-state index in [-0.39, 0.29) is 32.4 Å². The largest absolute Gasteiger partial charge is 0.455 e. The van der Waals surface area contributed by atoms with Crippen LogP contribution in [0.4, 0.5) is 0 Å². The Morgan fingerprint density at radius 2 is 1.79 bits per heavy atom. The number of amides is 1. The molecule has 0 unspecified atom stereocenters. The Morgan fingerprint density at radius 1 is 1.11 bits per heavy atom. The lowest BCUT2D eigenvalue weighted by Gasteiger charge is -2.23. The lowest BCUT2D eigenvalue weighted by Crippen LogP contribution is -3.14. The SMILES string of the molecule is O=C(NCC[NH+]1CCOCC1)c1ccc(CS(=O)(=O)c2c(Cl)cccc2Cl)o1. The Balaban J connectivity index is 1.59. The molecule has 10 heteroatoms. The number of halogens is 2. The number of carbonyl (C=O) groups is 1. The molecule has 0 saturated carbocycles. The number of rotatable bonds is 7. The van der Waals surface area contributed by atoms with Gasteiger partial charge in [0.2, 0.25) is 0 Å². The summed E-state index contributed by atoms with van der Waals surface area (Å²) in [6, 6.07) is 7.40. The molecule has 0 atom stereocenters. The Hall–Kier alpha value is -1.58. The van der Waals surface area contributed by atoms with Crippen molar-refractivity contribution in [1.82, 2.24) is 5.32 Å². The van der Waals surface area contributed by atoms with Crippen LogP contribution in [-0.2, 0) is 20.3 Å². The molecule has 152 valence electrons. The smallest absolute Gasteiger partial charge is 0.287 e. The van der Waals surface area contributed by atoms with Crippen LogP contribution in [0.25, 0.3) is 0 Å². The van der Waals surface area contributed by atoms with Gasteiger partial charge in [0.15, 0.2) is 15.6 Å². The number of nitrogens with one attached hydrogen (secondary N) is 2. The first-order valence-electron chi connectivity index (χ1n) is 8.82. The van der Waals surface area contributed by atoms with Crippen molar-refractivity contribution in [3.05, 3.63) is 51.9 Å². The fourth-order valence-corrected chi connectivity index (χ4v) is 5.47. The van der Waals surface area contributed by atoms with E-state index in [2.05, 4.69) is 5.32 Å². The molecule has 1 amide bonds. The first-order valence-corrected chi connectivity index (χ1v) is 11.2. The number of sulfone groups is 1. The maximum Gasteiger partial charge on any atom is 0.287 e. The van der Waals surface area contributed by atoms with E-state index in [1.807, 2.05) is 0 Å². The summed E-state index contributed by atoms with van der Waals surface area (Å²) in [6.45, 7) is 4.59. The van der Waals surface area contributed by atoms with E-state index in [0.717, 1.165) is 32.8 Å². The van der Waals surface area contributed by atoms with E-state index < -0.39 is 15.6 Å². The monoisotopic (exact) mass is 447 g/mol. The van der Waals surface area contributed by atoms with Gasteiger partial charge in [0.1, 0.15) is 29.5 Å². The second kappa shape index (κ2) is 9.28. The average Bonchev–Trinajstić information content (AvgIpc) is 3.10. The molecule has 2 aromatic rings. The first kappa shape index (κ1) is 21.1. The van der Waals surface area contributed by atoms with E-state index in [0.29, 0.717) is 6.54 Å². The van der Waals surface area contributed by atoms with E-state index in [1.54, 1.807) is 6.07 Å². The molecular formula is C18H21Cl2N2O5S+. The summed E-state index contributed by atoms with van der Waals surface area (Å²) in [5, 5.41) is 2.87. The maximum atomic E-state index is 12.6. The van der Waals surface area contributed by atoms with Gasteiger partial charge in [0, 0.05) is 0 Å². The van der Waals surface area contributed by atoms with Crippen molar-refractivity contribution in [2.45, 2.75) is 10.6 Å². The Morgan fingerprint density at radius 3 is 2.46 bits per heavy atom. The molecule has 28 heavy (non-hydrogen) atoms. The highest BCUT2D eigenvalue weighted by atomic mass is 35.5. The van der Waals surface area contributed by atoms with Gasteiger partial charge in [-0.05, 0) is 24.3 Å². The minimum atomic E-state index is -3.82. The fourth-order valence-electron chi connectivity index (χ4n) is 2.97. The van der Waals surface area contributed by atoms with Gasteiger partial charge < -0.3 is 19.4 Å². The van der Waals surface area contributed by atoms with Crippen molar-refractivity contribution in [2.75, 3.05) is 39.4 Å². The predicted molar refractivity (Wildman–Crippen MR) is 105 cm³/mol. The molecule has 1 aliphatic rings. The highest BCUT2D eigenvalue weighted by molar-refractivity contribution is 7.90. The third-order valence-corrected chi connectivity index (χ3v) is 6.99. The molecule has 0 spiro atoms. The zero-order valence-corrected chi connectivity index (χ0v) is 17.4. The average molecular weight is 448 g/mol. The second-order valence-corrected chi connectivity index (χ2v) is 9.18. The minimum Gasteiger partial charge on any atom is -0.455 e. The summed E-state index contributed by atoms with van der Waals surface area (Å²) in [5.74, 6) is -0.624. The number of carbonyl (C=O) groups excluding carboxylic acids is 1. The van der Waals surface area contributed by atoms with Crippen molar-refractivity contribution >= 4 is 38.9 Å². The van der Waals surface area contributed by atoms with Gasteiger partial charge in [-0.3, -0.25) is 4.79 Å². The van der Waals surface area contributed by atoms with Gasteiger partial charge in [-0.2, -0.15) is 0 Å². The van der Waals surface area contributed by atoms with Crippen molar-refractivity contribution in [1.29, 1.82) is 0 Å². The van der Waals surface area contributed by atoms with Crippen LogP contribution >= 0.6 is 23.2 Å². The van der Waals surface area contributed by atoms with Gasteiger partial charge in [-0.1, -0.05) is 29.3 Å². The third-order valence-electron chi connectivity index (χ3n) is 4.41. The molecule has 1 aromatic carbocycles. The summed E-state index contributed by atoms with van der Waals surface area (Å²) in [4.78, 5) is 13.4. The van der Waals surface area contributed by atoms with Crippen molar-refractivity contribution < 1.29 is 27.3 Å². The van der Waals surface area contributed by atoms with Crippen LogP contribution < -0.4 is 10.2 Å². The summed E-state index contributed by atoms with van der Waals surface area (Å²) in [6.07, 6.45) is 0. The van der Waals surface area contributed by atoms with Crippen molar-refractivity contribution in [3.8, 4) is 0 Å². The van der Waals surface area contributed by atoms with Gasteiger partial charge in [0.05, 0.1) is 36.3 Å². The van der Waals surface area contributed by atoms with Crippen LogP contribution in [0.1, 0.15) is 16.3 Å². The predicted octanol–water partition coefficient (Wildman–Crippen LogP) is 1.21. The zero-order valence-electron chi connectivity index (χ0n) is 15.0. The minimum absolute atomic E-state index is 0.0441. The topological polar surface area (TPSA) is 90.0 Å². The lowest BCUT2D eigenvalue weighted by molar-refractivity contribution is -0.906. The number of ether oxygens (including phenoxy) is 1. The summed E-state index contributed by atoms with van der Waals surface area (Å²) in [5.41, 5.74) is 0. The van der Waals surface area contributed by atoms with Crippen LogP contribution in [0.3, 0.4) is 0 Å².